The summed E-state index contributed by atoms with van der Waals surface area (Å²) >= 11 is 0. The second-order valence-electron chi connectivity index (χ2n) is 3.99. The molecule has 92 valence electrons. The third kappa shape index (κ3) is 2.30. The van der Waals surface area contributed by atoms with E-state index < -0.39 is 0 Å². The number of hydrogen-bond acceptors (Lipinski definition) is 6. The molecule has 2 N–H and O–H groups in total. The first-order chi connectivity index (χ1) is 8.24. The minimum absolute atomic E-state index is 0.241. The zero-order chi connectivity index (χ0) is 12.3. The van der Waals surface area contributed by atoms with Crippen LogP contribution < -0.4 is 10.6 Å². The number of methoxy groups -OCH3 is 1. The molecule has 1 aromatic heterocycles. The molecule has 2 heterocycles. The van der Waals surface area contributed by atoms with E-state index in [-0.39, 0.29) is 12.0 Å². The maximum absolute atomic E-state index is 11.7. The fraction of sp³-hybridized carbons (Fsp3) is 0.545. The number of hydrogen-bond donors (Lipinski definition) is 1. The maximum Gasteiger partial charge on any atom is 0.328 e. The summed E-state index contributed by atoms with van der Waals surface area (Å²) in [5, 5.41) is 0. The van der Waals surface area contributed by atoms with Crippen LogP contribution in [0.1, 0.15) is 19.3 Å². The van der Waals surface area contributed by atoms with Crippen LogP contribution in [0.3, 0.4) is 0 Å². The molecule has 0 aliphatic carbocycles. The van der Waals surface area contributed by atoms with Crippen molar-refractivity contribution in [3.63, 3.8) is 0 Å². The van der Waals surface area contributed by atoms with Crippen molar-refractivity contribution in [2.45, 2.75) is 25.3 Å². The smallest absolute Gasteiger partial charge is 0.328 e. The molecule has 1 aliphatic heterocycles. The Morgan fingerprint density at radius 2 is 2.24 bits per heavy atom. The van der Waals surface area contributed by atoms with E-state index in [9.17, 15) is 4.79 Å². The molecule has 1 fully saturated rings. The summed E-state index contributed by atoms with van der Waals surface area (Å²) in [5.74, 6) is 0.681. The summed E-state index contributed by atoms with van der Waals surface area (Å²) in [5.41, 5.74) is 5.79. The van der Waals surface area contributed by atoms with Gasteiger partial charge >= 0.3 is 5.97 Å². The second-order valence-corrected chi connectivity index (χ2v) is 3.99. The van der Waals surface area contributed by atoms with Gasteiger partial charge in [0.15, 0.2) is 11.6 Å². The molecule has 6 nitrogen and oxygen atoms in total. The predicted molar refractivity (Wildman–Crippen MR) is 63.4 cm³/mol. The Bertz CT molecular complexity index is 410. The Morgan fingerprint density at radius 3 is 2.94 bits per heavy atom. The van der Waals surface area contributed by atoms with Crippen LogP contribution in [0, 0.1) is 0 Å². The number of nitrogens with two attached hydrogens (primary N) is 1. The first kappa shape index (κ1) is 11.6. The Hall–Kier alpha value is -1.85. The number of ether oxygens (including phenoxy) is 1. The van der Waals surface area contributed by atoms with Crippen LogP contribution in [-0.4, -0.2) is 35.6 Å². The molecule has 1 atom stereocenters. The van der Waals surface area contributed by atoms with Crippen LogP contribution in [-0.2, 0) is 9.53 Å². The molecular formula is C11H16N4O2. The van der Waals surface area contributed by atoms with E-state index in [2.05, 4.69) is 9.97 Å². The molecule has 0 radical (unpaired) electrons. The third-order valence-electron chi connectivity index (χ3n) is 2.95. The molecule has 0 aromatic carbocycles. The molecule has 6 heteroatoms. The zero-order valence-corrected chi connectivity index (χ0v) is 9.80. The molecule has 1 aromatic rings. The monoisotopic (exact) mass is 236 g/mol. The van der Waals surface area contributed by atoms with Crippen LogP contribution in [0.4, 0.5) is 11.6 Å². The summed E-state index contributed by atoms with van der Waals surface area (Å²) < 4.78 is 4.81. The largest absolute Gasteiger partial charge is 0.467 e. The summed E-state index contributed by atoms with van der Waals surface area (Å²) in [6, 6.07) is -0.298. The Kier molecular flexibility index (Phi) is 3.41. The fourth-order valence-electron chi connectivity index (χ4n) is 2.13. The van der Waals surface area contributed by atoms with Crippen molar-refractivity contribution in [3.05, 3.63) is 12.4 Å². The van der Waals surface area contributed by atoms with E-state index in [0.717, 1.165) is 25.8 Å². The van der Waals surface area contributed by atoms with Crippen molar-refractivity contribution in [1.82, 2.24) is 9.97 Å². The van der Waals surface area contributed by atoms with Gasteiger partial charge in [0, 0.05) is 18.9 Å². The molecule has 0 amide bonds. The van der Waals surface area contributed by atoms with Crippen LogP contribution in [0.25, 0.3) is 0 Å². The van der Waals surface area contributed by atoms with Gasteiger partial charge in [0.1, 0.15) is 6.04 Å². The number of carbonyl (C=O) groups excluding carboxylic acids is 1. The highest BCUT2D eigenvalue weighted by molar-refractivity contribution is 5.81. The topological polar surface area (TPSA) is 81.3 Å². The van der Waals surface area contributed by atoms with Crippen molar-refractivity contribution in [2.24, 2.45) is 0 Å². The van der Waals surface area contributed by atoms with E-state index in [1.54, 1.807) is 6.20 Å². The fourth-order valence-corrected chi connectivity index (χ4v) is 2.13. The first-order valence-electron chi connectivity index (χ1n) is 5.65. The van der Waals surface area contributed by atoms with Crippen LogP contribution in [0.15, 0.2) is 12.4 Å². The summed E-state index contributed by atoms with van der Waals surface area (Å²) in [6.07, 6.45) is 5.91. The summed E-state index contributed by atoms with van der Waals surface area (Å²) in [6.45, 7) is 0.753. The average molecular weight is 236 g/mol. The van der Waals surface area contributed by atoms with Gasteiger partial charge in [-0.15, -0.1) is 0 Å². The number of anilines is 2. The van der Waals surface area contributed by atoms with Gasteiger partial charge < -0.3 is 15.4 Å². The lowest BCUT2D eigenvalue weighted by Crippen LogP contribution is -2.46. The number of nitrogen functional groups attached to an aromatic ring is 1. The number of piperidine rings is 1. The quantitative estimate of drug-likeness (QED) is 0.757. The van der Waals surface area contributed by atoms with Crippen molar-refractivity contribution in [2.75, 3.05) is 24.3 Å². The molecule has 1 saturated heterocycles. The minimum atomic E-state index is -0.298. The Labute approximate surface area is 99.8 Å². The SMILES string of the molecule is COC(=O)C1CCCCN1c1nccnc1N. The number of carbonyl (C=O) groups is 1. The van der Waals surface area contributed by atoms with Gasteiger partial charge in [-0.3, -0.25) is 0 Å². The van der Waals surface area contributed by atoms with E-state index in [0.29, 0.717) is 11.6 Å². The highest BCUT2D eigenvalue weighted by Gasteiger charge is 2.31. The Balaban J connectivity index is 2.28. The van der Waals surface area contributed by atoms with Gasteiger partial charge in [0.25, 0.3) is 0 Å². The zero-order valence-electron chi connectivity index (χ0n) is 9.80. The molecular weight excluding hydrogens is 220 g/mol. The lowest BCUT2D eigenvalue weighted by Gasteiger charge is -2.34. The van der Waals surface area contributed by atoms with Crippen LogP contribution >= 0.6 is 0 Å². The summed E-state index contributed by atoms with van der Waals surface area (Å²) in [7, 11) is 1.40. The second kappa shape index (κ2) is 4.99. The molecule has 0 spiro atoms. The highest BCUT2D eigenvalue weighted by Crippen LogP contribution is 2.26. The Morgan fingerprint density at radius 1 is 1.47 bits per heavy atom. The maximum atomic E-state index is 11.7. The molecule has 1 aliphatic rings. The van der Waals surface area contributed by atoms with Gasteiger partial charge in [-0.25, -0.2) is 14.8 Å². The lowest BCUT2D eigenvalue weighted by atomic mass is 10.0. The number of esters is 1. The number of nitrogens with zero attached hydrogens (tertiary/aromatic N) is 3. The third-order valence-corrected chi connectivity index (χ3v) is 2.95. The first-order valence-corrected chi connectivity index (χ1v) is 5.65. The molecule has 2 rings (SSSR count). The average Bonchev–Trinajstić information content (AvgIpc) is 2.38. The van der Waals surface area contributed by atoms with E-state index in [1.165, 1.54) is 13.3 Å². The van der Waals surface area contributed by atoms with Crippen molar-refractivity contribution < 1.29 is 9.53 Å². The standard InChI is InChI=1S/C11H16N4O2/c1-17-11(16)8-4-2-3-7-15(8)10-9(12)13-5-6-14-10/h5-6,8H,2-4,7H2,1H3,(H2,12,13). The van der Waals surface area contributed by atoms with Crippen LogP contribution in [0.2, 0.25) is 0 Å². The lowest BCUT2D eigenvalue weighted by molar-refractivity contribution is -0.142. The minimum Gasteiger partial charge on any atom is -0.467 e. The van der Waals surface area contributed by atoms with Gasteiger partial charge in [-0.05, 0) is 19.3 Å². The van der Waals surface area contributed by atoms with Crippen molar-refractivity contribution in [1.29, 1.82) is 0 Å². The van der Waals surface area contributed by atoms with Gasteiger partial charge in [0.2, 0.25) is 0 Å². The van der Waals surface area contributed by atoms with Gasteiger partial charge in [-0.1, -0.05) is 0 Å². The van der Waals surface area contributed by atoms with Gasteiger partial charge in [-0.2, -0.15) is 0 Å². The molecule has 1 unspecified atom stereocenters. The molecule has 0 bridgehead atoms. The summed E-state index contributed by atoms with van der Waals surface area (Å²) in [4.78, 5) is 21.8. The molecule has 17 heavy (non-hydrogen) atoms. The van der Waals surface area contributed by atoms with Gasteiger partial charge in [0.05, 0.1) is 7.11 Å². The van der Waals surface area contributed by atoms with Crippen molar-refractivity contribution in [3.8, 4) is 0 Å². The molecule has 0 saturated carbocycles. The number of rotatable bonds is 2. The predicted octanol–water partition coefficient (Wildman–Crippen LogP) is 0.591. The van der Waals surface area contributed by atoms with E-state index in [4.69, 9.17) is 10.5 Å². The van der Waals surface area contributed by atoms with E-state index >= 15 is 0 Å². The van der Waals surface area contributed by atoms with Crippen molar-refractivity contribution >= 4 is 17.6 Å². The van der Waals surface area contributed by atoms with Crippen LogP contribution in [0.5, 0.6) is 0 Å². The number of aromatic nitrogens is 2. The normalized spacial score (nSPS) is 20.1. The van der Waals surface area contributed by atoms with E-state index in [1.807, 2.05) is 4.90 Å². The highest BCUT2D eigenvalue weighted by atomic mass is 16.5.